The van der Waals surface area contributed by atoms with Crippen LogP contribution < -0.4 is 16.0 Å². The Hall–Kier alpha value is -4.52. The van der Waals surface area contributed by atoms with E-state index in [0.29, 0.717) is 23.0 Å². The number of aromatic nitrogens is 2. The summed E-state index contributed by atoms with van der Waals surface area (Å²) < 4.78 is 0. The molecule has 0 fully saturated rings. The minimum atomic E-state index is -0.132. The first-order valence-electron chi connectivity index (χ1n) is 10.9. The molecule has 0 radical (unpaired) electrons. The van der Waals surface area contributed by atoms with Crippen molar-refractivity contribution in [2.45, 2.75) is 20.3 Å². The predicted octanol–water partition coefficient (Wildman–Crippen LogP) is 5.34. The highest BCUT2D eigenvalue weighted by Gasteiger charge is 2.08. The number of hydrogen-bond acceptors (Lipinski definition) is 5. The van der Waals surface area contributed by atoms with Crippen molar-refractivity contribution < 1.29 is 9.59 Å². The topological polar surface area (TPSA) is 96.0 Å². The average molecular weight is 452 g/mol. The second-order valence-electron chi connectivity index (χ2n) is 7.86. The maximum absolute atomic E-state index is 12.5. The van der Waals surface area contributed by atoms with Crippen LogP contribution in [0.25, 0.3) is 11.3 Å². The van der Waals surface area contributed by atoms with Gasteiger partial charge in [-0.2, -0.15) is 0 Å². The molecule has 0 aliphatic rings. The highest BCUT2D eigenvalue weighted by Crippen LogP contribution is 2.23. The van der Waals surface area contributed by atoms with Gasteiger partial charge in [-0.25, -0.2) is 9.97 Å². The van der Waals surface area contributed by atoms with E-state index in [4.69, 9.17) is 0 Å². The lowest BCUT2D eigenvalue weighted by molar-refractivity contribution is -0.116. The molecule has 34 heavy (non-hydrogen) atoms. The Bertz CT molecular complexity index is 1300. The number of nitrogens with one attached hydrogen (secondary N) is 3. The molecule has 4 aromatic rings. The molecule has 3 N–H and O–H groups in total. The van der Waals surface area contributed by atoms with Crippen molar-refractivity contribution in [1.82, 2.24) is 9.97 Å². The summed E-state index contributed by atoms with van der Waals surface area (Å²) >= 11 is 0. The number of anilines is 4. The summed E-state index contributed by atoms with van der Waals surface area (Å²) in [6.45, 7) is 3.31. The minimum absolute atomic E-state index is 0.131. The van der Waals surface area contributed by atoms with Crippen LogP contribution in [0.4, 0.5) is 22.9 Å². The maximum atomic E-state index is 12.5. The molecule has 170 valence electrons. The van der Waals surface area contributed by atoms with Crippen LogP contribution in [-0.4, -0.2) is 21.8 Å². The third-order valence-corrected chi connectivity index (χ3v) is 4.97. The van der Waals surface area contributed by atoms with E-state index in [1.165, 1.54) is 6.92 Å². The lowest BCUT2D eigenvalue weighted by Gasteiger charge is -2.11. The van der Waals surface area contributed by atoms with E-state index in [1.54, 1.807) is 12.1 Å². The fourth-order valence-electron chi connectivity index (χ4n) is 3.51. The molecule has 2 amide bonds. The molecule has 0 aliphatic heterocycles. The minimum Gasteiger partial charge on any atom is -0.340 e. The Kier molecular flexibility index (Phi) is 6.93. The van der Waals surface area contributed by atoms with Crippen molar-refractivity contribution in [3.8, 4) is 11.3 Å². The van der Waals surface area contributed by atoms with Crippen molar-refractivity contribution in [1.29, 1.82) is 0 Å². The van der Waals surface area contributed by atoms with Crippen LogP contribution in [0.5, 0.6) is 0 Å². The Morgan fingerprint density at radius 1 is 0.765 bits per heavy atom. The monoisotopic (exact) mass is 451 g/mol. The third kappa shape index (κ3) is 6.26. The zero-order valence-electron chi connectivity index (χ0n) is 19.0. The predicted molar refractivity (Wildman–Crippen MR) is 135 cm³/mol. The highest BCUT2D eigenvalue weighted by molar-refractivity contribution is 5.93. The number of rotatable bonds is 7. The summed E-state index contributed by atoms with van der Waals surface area (Å²) in [6, 6.07) is 26.5. The molecule has 7 heteroatoms. The van der Waals surface area contributed by atoms with Crippen LogP contribution in [0.3, 0.4) is 0 Å². The van der Waals surface area contributed by atoms with E-state index in [9.17, 15) is 9.59 Å². The number of carbonyl (C=O) groups is 2. The summed E-state index contributed by atoms with van der Waals surface area (Å²) in [5, 5.41) is 8.95. The first-order chi connectivity index (χ1) is 16.4. The van der Waals surface area contributed by atoms with Gasteiger partial charge in [-0.1, -0.05) is 48.5 Å². The molecule has 0 saturated heterocycles. The summed E-state index contributed by atoms with van der Waals surface area (Å²) in [7, 11) is 0. The van der Waals surface area contributed by atoms with Crippen LogP contribution in [0.2, 0.25) is 0 Å². The number of nitrogens with zero attached hydrogens (tertiary/aromatic N) is 2. The molecular weight excluding hydrogens is 426 g/mol. The summed E-state index contributed by atoms with van der Waals surface area (Å²) in [6.07, 6.45) is 0.226. The number of aryl methyl sites for hydroxylation is 1. The van der Waals surface area contributed by atoms with Gasteiger partial charge >= 0.3 is 0 Å². The van der Waals surface area contributed by atoms with Gasteiger partial charge in [0.1, 0.15) is 11.6 Å². The zero-order valence-corrected chi connectivity index (χ0v) is 19.0. The standard InChI is InChI=1S/C27H25N5O2/c1-18-28-25(21-7-4-3-5-8-21)17-26(29-18)31-23-9-6-10-24(16-23)32-27(34)15-20-11-13-22(14-12-20)30-19(2)33/h3-14,16-17H,15H2,1-2H3,(H,30,33)(H,32,34)(H,28,29,31). The second kappa shape index (κ2) is 10.4. The van der Waals surface area contributed by atoms with Crippen LogP contribution in [0.15, 0.2) is 84.9 Å². The molecule has 0 aliphatic carbocycles. The van der Waals surface area contributed by atoms with Gasteiger partial charge in [-0.15, -0.1) is 0 Å². The molecule has 0 saturated carbocycles. The van der Waals surface area contributed by atoms with Crippen molar-refractivity contribution in [2.24, 2.45) is 0 Å². The van der Waals surface area contributed by atoms with Crippen molar-refractivity contribution >= 4 is 34.7 Å². The molecule has 3 aromatic carbocycles. The van der Waals surface area contributed by atoms with Gasteiger partial charge in [0.05, 0.1) is 12.1 Å². The van der Waals surface area contributed by atoms with Gasteiger partial charge in [0.15, 0.2) is 0 Å². The Labute approximate surface area is 198 Å². The van der Waals surface area contributed by atoms with E-state index in [-0.39, 0.29) is 18.2 Å². The normalized spacial score (nSPS) is 10.4. The summed E-state index contributed by atoms with van der Waals surface area (Å²) in [5.41, 5.74) is 4.89. The highest BCUT2D eigenvalue weighted by atomic mass is 16.2. The van der Waals surface area contributed by atoms with E-state index >= 15 is 0 Å². The molecule has 0 atom stereocenters. The molecule has 0 spiro atoms. The Morgan fingerprint density at radius 2 is 1.50 bits per heavy atom. The lowest BCUT2D eigenvalue weighted by Crippen LogP contribution is -2.14. The van der Waals surface area contributed by atoms with E-state index in [1.807, 2.05) is 79.7 Å². The van der Waals surface area contributed by atoms with Gasteiger partial charge in [-0.3, -0.25) is 9.59 Å². The maximum Gasteiger partial charge on any atom is 0.228 e. The Balaban J connectivity index is 1.42. The van der Waals surface area contributed by atoms with Crippen molar-refractivity contribution in [2.75, 3.05) is 16.0 Å². The average Bonchev–Trinajstić information content (AvgIpc) is 2.80. The number of benzene rings is 3. The van der Waals surface area contributed by atoms with E-state index in [2.05, 4.69) is 25.9 Å². The van der Waals surface area contributed by atoms with E-state index in [0.717, 1.165) is 22.5 Å². The molecular formula is C27H25N5O2. The number of amides is 2. The van der Waals surface area contributed by atoms with Crippen LogP contribution >= 0.6 is 0 Å². The van der Waals surface area contributed by atoms with Crippen LogP contribution in [0, 0.1) is 6.92 Å². The van der Waals surface area contributed by atoms with Crippen LogP contribution in [0.1, 0.15) is 18.3 Å². The van der Waals surface area contributed by atoms with Crippen molar-refractivity contribution in [3.63, 3.8) is 0 Å². The smallest absolute Gasteiger partial charge is 0.228 e. The molecule has 7 nitrogen and oxygen atoms in total. The number of carbonyl (C=O) groups excluding carboxylic acids is 2. The molecule has 1 aromatic heterocycles. The second-order valence-corrected chi connectivity index (χ2v) is 7.86. The van der Waals surface area contributed by atoms with Crippen LogP contribution in [-0.2, 0) is 16.0 Å². The zero-order chi connectivity index (χ0) is 23.9. The van der Waals surface area contributed by atoms with Gasteiger partial charge in [0, 0.05) is 35.6 Å². The van der Waals surface area contributed by atoms with Gasteiger partial charge < -0.3 is 16.0 Å². The largest absolute Gasteiger partial charge is 0.340 e. The lowest BCUT2D eigenvalue weighted by atomic mass is 10.1. The first-order valence-corrected chi connectivity index (χ1v) is 10.9. The number of hydrogen-bond donors (Lipinski definition) is 3. The fourth-order valence-corrected chi connectivity index (χ4v) is 3.51. The summed E-state index contributed by atoms with van der Waals surface area (Å²) in [5.74, 6) is 1.08. The molecule has 0 bridgehead atoms. The molecule has 1 heterocycles. The molecule has 4 rings (SSSR count). The Morgan fingerprint density at radius 3 is 2.24 bits per heavy atom. The fraction of sp³-hybridized carbons (Fsp3) is 0.111. The van der Waals surface area contributed by atoms with Crippen molar-refractivity contribution in [3.05, 3.63) is 96.3 Å². The molecule has 0 unspecified atom stereocenters. The third-order valence-electron chi connectivity index (χ3n) is 4.97. The van der Waals surface area contributed by atoms with E-state index < -0.39 is 0 Å². The quantitative estimate of drug-likeness (QED) is 0.353. The summed E-state index contributed by atoms with van der Waals surface area (Å²) in [4.78, 5) is 32.7. The van der Waals surface area contributed by atoms with Gasteiger partial charge in [-0.05, 0) is 42.8 Å². The first kappa shape index (κ1) is 22.7. The SMILES string of the molecule is CC(=O)Nc1ccc(CC(=O)Nc2cccc(Nc3cc(-c4ccccc4)nc(C)n3)c2)cc1. The van der Waals surface area contributed by atoms with Gasteiger partial charge in [0.2, 0.25) is 11.8 Å². The van der Waals surface area contributed by atoms with Gasteiger partial charge in [0.25, 0.3) is 0 Å².